The number of nitro benzene ring substituents is 1. The van der Waals surface area contributed by atoms with E-state index in [0.29, 0.717) is 11.1 Å². The summed E-state index contributed by atoms with van der Waals surface area (Å²) < 4.78 is 0. The molecular formula is C13H17N3O3. The molecule has 19 heavy (non-hydrogen) atoms. The fraction of sp³-hybridized carbons (Fsp3) is 0.462. The first-order valence-corrected chi connectivity index (χ1v) is 6.23. The van der Waals surface area contributed by atoms with Crippen LogP contribution in [-0.4, -0.2) is 41.9 Å². The van der Waals surface area contributed by atoms with E-state index in [1.54, 1.807) is 31.0 Å². The molecule has 1 unspecified atom stereocenters. The molecule has 1 aromatic rings. The Bertz CT molecular complexity index is 510. The number of benzene rings is 1. The first-order valence-electron chi connectivity index (χ1n) is 6.23. The molecule has 0 saturated carbocycles. The van der Waals surface area contributed by atoms with Crippen molar-refractivity contribution in [1.82, 2.24) is 10.2 Å². The largest absolute Gasteiger partial charge is 0.337 e. The quantitative estimate of drug-likeness (QED) is 0.659. The number of nitrogens with one attached hydrogen (secondary N) is 1. The van der Waals surface area contributed by atoms with Crippen molar-refractivity contribution in [3.8, 4) is 0 Å². The van der Waals surface area contributed by atoms with Crippen LogP contribution in [0.5, 0.6) is 0 Å². The van der Waals surface area contributed by atoms with E-state index in [0.717, 1.165) is 19.5 Å². The molecule has 1 aliphatic rings. The number of amides is 1. The van der Waals surface area contributed by atoms with E-state index in [2.05, 4.69) is 5.32 Å². The Morgan fingerprint density at radius 3 is 2.84 bits per heavy atom. The number of carbonyl (C=O) groups excluding carboxylic acids is 1. The van der Waals surface area contributed by atoms with E-state index in [1.165, 1.54) is 6.07 Å². The van der Waals surface area contributed by atoms with E-state index < -0.39 is 4.92 Å². The number of nitro groups is 1. The average Bonchev–Trinajstić information content (AvgIpc) is 2.91. The molecule has 0 aromatic heterocycles. The number of rotatable bonds is 3. The van der Waals surface area contributed by atoms with Gasteiger partial charge in [-0.1, -0.05) is 6.07 Å². The molecule has 1 aliphatic heterocycles. The van der Waals surface area contributed by atoms with Gasteiger partial charge >= 0.3 is 0 Å². The van der Waals surface area contributed by atoms with Crippen LogP contribution in [0.1, 0.15) is 22.3 Å². The third kappa shape index (κ3) is 2.73. The van der Waals surface area contributed by atoms with Gasteiger partial charge in [0.25, 0.3) is 11.6 Å². The molecule has 1 N–H and O–H groups in total. The monoisotopic (exact) mass is 263 g/mol. The topological polar surface area (TPSA) is 75.5 Å². The predicted molar refractivity (Wildman–Crippen MR) is 71.2 cm³/mol. The molecule has 1 amide bonds. The van der Waals surface area contributed by atoms with Crippen LogP contribution >= 0.6 is 0 Å². The molecule has 6 nitrogen and oxygen atoms in total. The Morgan fingerprint density at radius 1 is 1.53 bits per heavy atom. The molecule has 0 spiro atoms. The summed E-state index contributed by atoms with van der Waals surface area (Å²) in [6.07, 6.45) is 0.913. The van der Waals surface area contributed by atoms with Gasteiger partial charge in [-0.15, -0.1) is 0 Å². The number of likely N-dealkylation sites (N-methyl/N-ethyl adjacent to an activating group) is 1. The minimum atomic E-state index is -0.455. The van der Waals surface area contributed by atoms with E-state index >= 15 is 0 Å². The van der Waals surface area contributed by atoms with Gasteiger partial charge in [0.2, 0.25) is 0 Å². The van der Waals surface area contributed by atoms with Crippen LogP contribution in [0, 0.1) is 17.0 Å². The smallest absolute Gasteiger partial charge is 0.273 e. The highest BCUT2D eigenvalue weighted by atomic mass is 16.6. The maximum Gasteiger partial charge on any atom is 0.273 e. The van der Waals surface area contributed by atoms with Gasteiger partial charge in [-0.05, 0) is 26.0 Å². The Morgan fingerprint density at radius 2 is 2.26 bits per heavy atom. The molecule has 0 bridgehead atoms. The molecule has 0 aliphatic carbocycles. The Balaban J connectivity index is 2.23. The van der Waals surface area contributed by atoms with Gasteiger partial charge in [-0.2, -0.15) is 0 Å². The zero-order valence-electron chi connectivity index (χ0n) is 11.0. The second-order valence-corrected chi connectivity index (χ2v) is 4.82. The highest BCUT2D eigenvalue weighted by molar-refractivity contribution is 5.95. The van der Waals surface area contributed by atoms with Crippen LogP contribution in [0.15, 0.2) is 18.2 Å². The van der Waals surface area contributed by atoms with Crippen molar-refractivity contribution in [3.63, 3.8) is 0 Å². The van der Waals surface area contributed by atoms with Crippen LogP contribution in [0.4, 0.5) is 5.69 Å². The van der Waals surface area contributed by atoms with Crippen molar-refractivity contribution >= 4 is 11.6 Å². The van der Waals surface area contributed by atoms with Gasteiger partial charge in [0, 0.05) is 36.8 Å². The van der Waals surface area contributed by atoms with Crippen molar-refractivity contribution in [2.45, 2.75) is 19.4 Å². The first-order chi connectivity index (χ1) is 9.00. The van der Waals surface area contributed by atoms with Crippen molar-refractivity contribution in [3.05, 3.63) is 39.4 Å². The SMILES string of the molecule is Cc1ccc(C(=O)N(C)C2CCNC2)cc1[N+](=O)[O-]. The Hall–Kier alpha value is -1.95. The zero-order chi connectivity index (χ0) is 14.0. The zero-order valence-corrected chi connectivity index (χ0v) is 11.0. The molecule has 1 saturated heterocycles. The lowest BCUT2D eigenvalue weighted by atomic mass is 10.1. The number of aryl methyl sites for hydroxylation is 1. The summed E-state index contributed by atoms with van der Waals surface area (Å²) >= 11 is 0. The van der Waals surface area contributed by atoms with E-state index in [1.807, 2.05) is 0 Å². The van der Waals surface area contributed by atoms with Gasteiger partial charge in [0.15, 0.2) is 0 Å². The number of hydrogen-bond acceptors (Lipinski definition) is 4. The lowest BCUT2D eigenvalue weighted by molar-refractivity contribution is -0.385. The Labute approximate surface area is 111 Å². The minimum Gasteiger partial charge on any atom is -0.337 e. The van der Waals surface area contributed by atoms with Crippen molar-refractivity contribution in [2.24, 2.45) is 0 Å². The highest BCUT2D eigenvalue weighted by Gasteiger charge is 2.25. The molecule has 6 heteroatoms. The van der Waals surface area contributed by atoms with E-state index in [9.17, 15) is 14.9 Å². The van der Waals surface area contributed by atoms with Gasteiger partial charge < -0.3 is 10.2 Å². The maximum atomic E-state index is 12.3. The lowest BCUT2D eigenvalue weighted by Crippen LogP contribution is -2.38. The van der Waals surface area contributed by atoms with Gasteiger partial charge in [0.1, 0.15) is 0 Å². The molecule has 1 aromatic carbocycles. The second kappa shape index (κ2) is 5.36. The fourth-order valence-electron chi connectivity index (χ4n) is 2.28. The van der Waals surface area contributed by atoms with Crippen molar-refractivity contribution in [1.29, 1.82) is 0 Å². The summed E-state index contributed by atoms with van der Waals surface area (Å²) in [5, 5.41) is 14.1. The lowest BCUT2D eigenvalue weighted by Gasteiger charge is -2.23. The third-order valence-electron chi connectivity index (χ3n) is 3.56. The molecule has 2 rings (SSSR count). The molecule has 1 heterocycles. The average molecular weight is 263 g/mol. The number of carbonyl (C=O) groups is 1. The summed E-state index contributed by atoms with van der Waals surface area (Å²) in [6, 6.07) is 4.78. The van der Waals surface area contributed by atoms with Crippen LogP contribution in [-0.2, 0) is 0 Å². The van der Waals surface area contributed by atoms with Crippen molar-refractivity contribution < 1.29 is 9.72 Å². The molecular weight excluding hydrogens is 246 g/mol. The summed E-state index contributed by atoms with van der Waals surface area (Å²) in [5.74, 6) is -0.170. The molecule has 1 fully saturated rings. The number of nitrogens with zero attached hydrogens (tertiary/aromatic N) is 2. The van der Waals surface area contributed by atoms with Crippen LogP contribution in [0.25, 0.3) is 0 Å². The second-order valence-electron chi connectivity index (χ2n) is 4.82. The number of hydrogen-bond donors (Lipinski definition) is 1. The van der Waals surface area contributed by atoms with Crippen LogP contribution < -0.4 is 5.32 Å². The van der Waals surface area contributed by atoms with E-state index in [-0.39, 0.29) is 17.6 Å². The van der Waals surface area contributed by atoms with Gasteiger partial charge in [0.05, 0.1) is 4.92 Å². The normalized spacial score (nSPS) is 18.3. The first kappa shape index (κ1) is 13.5. The van der Waals surface area contributed by atoms with Gasteiger partial charge in [-0.3, -0.25) is 14.9 Å². The van der Waals surface area contributed by atoms with Crippen LogP contribution in [0.2, 0.25) is 0 Å². The standard InChI is InChI=1S/C13H17N3O3/c1-9-3-4-10(7-12(9)16(18)19)13(17)15(2)11-5-6-14-8-11/h3-4,7,11,14H,5-6,8H2,1-2H3. The fourth-order valence-corrected chi connectivity index (χ4v) is 2.28. The summed E-state index contributed by atoms with van der Waals surface area (Å²) in [4.78, 5) is 24.4. The minimum absolute atomic E-state index is 0.0104. The van der Waals surface area contributed by atoms with Gasteiger partial charge in [-0.25, -0.2) is 0 Å². The Kier molecular flexibility index (Phi) is 3.80. The summed E-state index contributed by atoms with van der Waals surface area (Å²) in [7, 11) is 1.74. The van der Waals surface area contributed by atoms with Crippen LogP contribution in [0.3, 0.4) is 0 Å². The molecule has 0 radical (unpaired) electrons. The highest BCUT2D eigenvalue weighted by Crippen LogP contribution is 2.21. The molecule has 1 atom stereocenters. The predicted octanol–water partition coefficient (Wildman–Crippen LogP) is 1.34. The molecule has 102 valence electrons. The third-order valence-corrected chi connectivity index (χ3v) is 3.56. The summed E-state index contributed by atoms with van der Waals surface area (Å²) in [5.41, 5.74) is 0.919. The van der Waals surface area contributed by atoms with E-state index in [4.69, 9.17) is 0 Å². The maximum absolute atomic E-state index is 12.3. The summed E-state index contributed by atoms with van der Waals surface area (Å²) in [6.45, 7) is 3.34. The van der Waals surface area contributed by atoms with Crippen molar-refractivity contribution in [2.75, 3.05) is 20.1 Å².